The molecule has 86 valence electrons. The Hall–Kier alpha value is -2.03. The van der Waals surface area contributed by atoms with E-state index in [2.05, 4.69) is 0 Å². The predicted octanol–water partition coefficient (Wildman–Crippen LogP) is 3.50. The third-order valence-corrected chi connectivity index (χ3v) is 2.60. The Morgan fingerprint density at radius 2 is 1.76 bits per heavy atom. The van der Waals surface area contributed by atoms with Crippen molar-refractivity contribution < 1.29 is 13.6 Å². The Morgan fingerprint density at radius 1 is 1.06 bits per heavy atom. The summed E-state index contributed by atoms with van der Waals surface area (Å²) in [6, 6.07) is 9.66. The number of carbonyl (C=O) groups excluding carboxylic acids is 1. The second kappa shape index (κ2) is 4.45. The number of hydrogen-bond acceptors (Lipinski definition) is 1. The number of halogens is 2. The van der Waals surface area contributed by atoms with Crippen LogP contribution in [0.2, 0.25) is 0 Å². The van der Waals surface area contributed by atoms with Gasteiger partial charge in [0.25, 0.3) is 0 Å². The Balaban J connectivity index is 2.48. The van der Waals surface area contributed by atoms with Crippen LogP contribution in [0.3, 0.4) is 0 Å². The molecule has 2 aromatic carbocycles. The molecule has 17 heavy (non-hydrogen) atoms. The van der Waals surface area contributed by atoms with E-state index in [1.165, 1.54) is 43.3 Å². The zero-order valence-electron chi connectivity index (χ0n) is 9.21. The highest BCUT2D eigenvalue weighted by molar-refractivity contribution is 6.09. The minimum Gasteiger partial charge on any atom is -0.289 e. The standard InChI is InChI=1S/C14H10F2O/c1-9-12(6-3-7-13(9)16)14(17)10-4-2-5-11(15)8-10/h2-8H,1H3. The molecule has 0 saturated heterocycles. The summed E-state index contributed by atoms with van der Waals surface area (Å²) in [6.45, 7) is 1.53. The highest BCUT2D eigenvalue weighted by Gasteiger charge is 2.14. The van der Waals surface area contributed by atoms with Gasteiger partial charge in [0.2, 0.25) is 0 Å². The second-order valence-corrected chi connectivity index (χ2v) is 3.75. The molecular weight excluding hydrogens is 222 g/mol. The molecule has 0 aliphatic carbocycles. The smallest absolute Gasteiger partial charge is 0.193 e. The lowest BCUT2D eigenvalue weighted by atomic mass is 9.99. The molecule has 0 saturated carbocycles. The topological polar surface area (TPSA) is 17.1 Å². The molecule has 3 heteroatoms. The largest absolute Gasteiger partial charge is 0.289 e. The van der Waals surface area contributed by atoms with E-state index in [4.69, 9.17) is 0 Å². The lowest BCUT2D eigenvalue weighted by Gasteiger charge is -2.05. The van der Waals surface area contributed by atoms with Gasteiger partial charge in [0.05, 0.1) is 0 Å². The van der Waals surface area contributed by atoms with Crippen molar-refractivity contribution in [3.63, 3.8) is 0 Å². The van der Waals surface area contributed by atoms with Crippen LogP contribution in [-0.2, 0) is 0 Å². The fraction of sp³-hybridized carbons (Fsp3) is 0.0714. The van der Waals surface area contributed by atoms with Crippen LogP contribution in [0.25, 0.3) is 0 Å². The molecule has 2 rings (SSSR count). The van der Waals surface area contributed by atoms with Crippen LogP contribution < -0.4 is 0 Å². The normalized spacial score (nSPS) is 10.3. The maximum atomic E-state index is 13.3. The van der Waals surface area contributed by atoms with Gasteiger partial charge in [0.1, 0.15) is 11.6 Å². The van der Waals surface area contributed by atoms with E-state index in [0.29, 0.717) is 0 Å². The molecule has 0 unspecified atom stereocenters. The van der Waals surface area contributed by atoms with Crippen LogP contribution in [-0.4, -0.2) is 5.78 Å². The maximum absolute atomic E-state index is 13.3. The average Bonchev–Trinajstić information content (AvgIpc) is 2.32. The molecule has 2 aromatic rings. The summed E-state index contributed by atoms with van der Waals surface area (Å²) in [4.78, 5) is 12.0. The summed E-state index contributed by atoms with van der Waals surface area (Å²) in [6.07, 6.45) is 0. The molecule has 0 fully saturated rings. The van der Waals surface area contributed by atoms with Crippen LogP contribution in [0.4, 0.5) is 8.78 Å². The zero-order valence-corrected chi connectivity index (χ0v) is 9.21. The van der Waals surface area contributed by atoms with Crippen molar-refractivity contribution in [3.8, 4) is 0 Å². The number of rotatable bonds is 2. The third kappa shape index (κ3) is 2.23. The summed E-state index contributed by atoms with van der Waals surface area (Å²) in [5, 5.41) is 0. The highest BCUT2D eigenvalue weighted by Crippen LogP contribution is 2.17. The van der Waals surface area contributed by atoms with Gasteiger partial charge < -0.3 is 0 Å². The second-order valence-electron chi connectivity index (χ2n) is 3.75. The van der Waals surface area contributed by atoms with Gasteiger partial charge in [-0.3, -0.25) is 4.79 Å². The number of ketones is 1. The number of hydrogen-bond donors (Lipinski definition) is 0. The van der Waals surface area contributed by atoms with Gasteiger partial charge in [0, 0.05) is 11.1 Å². The zero-order chi connectivity index (χ0) is 12.4. The van der Waals surface area contributed by atoms with E-state index >= 15 is 0 Å². The molecule has 0 radical (unpaired) electrons. The van der Waals surface area contributed by atoms with Gasteiger partial charge in [-0.15, -0.1) is 0 Å². The number of benzene rings is 2. The molecule has 0 atom stereocenters. The lowest BCUT2D eigenvalue weighted by Crippen LogP contribution is -2.05. The molecule has 0 N–H and O–H groups in total. The molecule has 0 aromatic heterocycles. The highest BCUT2D eigenvalue weighted by atomic mass is 19.1. The Kier molecular flexibility index (Phi) is 3.00. The molecular formula is C14H10F2O. The van der Waals surface area contributed by atoms with Crippen molar-refractivity contribution in [2.45, 2.75) is 6.92 Å². The van der Waals surface area contributed by atoms with Crippen molar-refractivity contribution in [1.82, 2.24) is 0 Å². The fourth-order valence-corrected chi connectivity index (χ4v) is 1.64. The quantitative estimate of drug-likeness (QED) is 0.724. The van der Waals surface area contributed by atoms with Crippen LogP contribution in [0.5, 0.6) is 0 Å². The first kappa shape index (κ1) is 11.5. The van der Waals surface area contributed by atoms with Gasteiger partial charge in [-0.2, -0.15) is 0 Å². The van der Waals surface area contributed by atoms with Crippen molar-refractivity contribution in [2.24, 2.45) is 0 Å². The van der Waals surface area contributed by atoms with E-state index in [-0.39, 0.29) is 22.5 Å². The van der Waals surface area contributed by atoms with Crippen molar-refractivity contribution in [3.05, 3.63) is 70.8 Å². The minimum absolute atomic E-state index is 0.221. The minimum atomic E-state index is -0.482. The summed E-state index contributed by atoms with van der Waals surface area (Å²) >= 11 is 0. The van der Waals surface area contributed by atoms with Crippen molar-refractivity contribution in [1.29, 1.82) is 0 Å². The van der Waals surface area contributed by atoms with E-state index < -0.39 is 11.6 Å². The molecule has 1 nitrogen and oxygen atoms in total. The Morgan fingerprint density at radius 3 is 2.47 bits per heavy atom. The molecule has 0 bridgehead atoms. The van der Waals surface area contributed by atoms with Gasteiger partial charge in [0.15, 0.2) is 5.78 Å². The van der Waals surface area contributed by atoms with Crippen LogP contribution in [0, 0.1) is 18.6 Å². The maximum Gasteiger partial charge on any atom is 0.193 e. The Labute approximate surface area is 97.7 Å². The van der Waals surface area contributed by atoms with Crippen molar-refractivity contribution in [2.75, 3.05) is 0 Å². The molecule has 0 aliphatic rings. The summed E-state index contributed by atoms with van der Waals surface area (Å²) in [5.74, 6) is -1.29. The Bertz CT molecular complexity index is 576. The van der Waals surface area contributed by atoms with Crippen molar-refractivity contribution >= 4 is 5.78 Å². The van der Waals surface area contributed by atoms with Crippen LogP contribution in [0.15, 0.2) is 42.5 Å². The molecule has 0 spiro atoms. The lowest BCUT2D eigenvalue weighted by molar-refractivity contribution is 0.103. The van der Waals surface area contributed by atoms with E-state index in [9.17, 15) is 13.6 Å². The molecule has 0 aliphatic heterocycles. The van der Waals surface area contributed by atoms with Gasteiger partial charge >= 0.3 is 0 Å². The first-order valence-corrected chi connectivity index (χ1v) is 5.15. The van der Waals surface area contributed by atoms with Crippen LogP contribution in [0.1, 0.15) is 21.5 Å². The summed E-state index contributed by atoms with van der Waals surface area (Å²) in [5.41, 5.74) is 0.760. The third-order valence-electron chi connectivity index (χ3n) is 2.60. The molecule has 0 amide bonds. The van der Waals surface area contributed by atoms with E-state index in [1.54, 1.807) is 0 Å². The monoisotopic (exact) mass is 232 g/mol. The number of carbonyl (C=O) groups is 1. The van der Waals surface area contributed by atoms with Gasteiger partial charge in [-0.1, -0.05) is 24.3 Å². The SMILES string of the molecule is Cc1c(F)cccc1C(=O)c1cccc(F)c1. The summed E-state index contributed by atoms with van der Waals surface area (Å²) < 4.78 is 26.3. The molecule has 0 heterocycles. The first-order valence-electron chi connectivity index (χ1n) is 5.15. The predicted molar refractivity (Wildman–Crippen MR) is 61.0 cm³/mol. The first-order chi connectivity index (χ1) is 8.09. The summed E-state index contributed by atoms with van der Waals surface area (Å²) in [7, 11) is 0. The van der Waals surface area contributed by atoms with E-state index in [0.717, 1.165) is 6.07 Å². The average molecular weight is 232 g/mol. The van der Waals surface area contributed by atoms with Crippen LogP contribution >= 0.6 is 0 Å². The van der Waals surface area contributed by atoms with Gasteiger partial charge in [-0.05, 0) is 30.7 Å². The van der Waals surface area contributed by atoms with E-state index in [1.807, 2.05) is 0 Å². The fourth-order valence-electron chi connectivity index (χ4n) is 1.64. The van der Waals surface area contributed by atoms with Gasteiger partial charge in [-0.25, -0.2) is 8.78 Å².